The molecule has 0 bridgehead atoms. The largest absolute Gasteiger partial charge is 0.299 e. The number of aromatic amines is 1. The topological polar surface area (TPSA) is 62.1 Å². The number of aromatic nitrogens is 5. The number of pyridine rings is 1. The molecule has 0 aliphatic carbocycles. The maximum atomic E-state index is 4.49. The smallest absolute Gasteiger partial charge is 0.161 e. The Morgan fingerprint density at radius 3 is 2.93 bits per heavy atom. The third-order valence-corrected chi connectivity index (χ3v) is 6.15. The summed E-state index contributed by atoms with van der Waals surface area (Å²) in [6, 6.07) is 6.36. The van der Waals surface area contributed by atoms with E-state index in [9.17, 15) is 0 Å². The van der Waals surface area contributed by atoms with Gasteiger partial charge in [-0.15, -0.1) is 10.2 Å². The Morgan fingerprint density at radius 2 is 2.11 bits per heavy atom. The molecule has 6 nitrogen and oxygen atoms in total. The fraction of sp³-hybridized carbons (Fsp3) is 0.350. The molecule has 0 aromatic carbocycles. The van der Waals surface area contributed by atoms with Gasteiger partial charge in [-0.2, -0.15) is 16.4 Å². The fourth-order valence-corrected chi connectivity index (χ4v) is 4.61. The summed E-state index contributed by atoms with van der Waals surface area (Å²) in [5.74, 6) is 1.58. The SMILES string of the molecule is Cc1ccn2c(C3CCN(Cc4cn[nH]c4-c4ccsc4)CC3)nnc2c1. The second kappa shape index (κ2) is 6.90. The molecule has 0 saturated carbocycles. The Hall–Kier alpha value is -2.51. The van der Waals surface area contributed by atoms with E-state index in [-0.39, 0.29) is 0 Å². The van der Waals surface area contributed by atoms with Crippen LogP contribution in [0, 0.1) is 6.92 Å². The molecule has 5 heterocycles. The van der Waals surface area contributed by atoms with Gasteiger partial charge >= 0.3 is 0 Å². The lowest BCUT2D eigenvalue weighted by Crippen LogP contribution is -2.33. The molecule has 1 fully saturated rings. The average molecular weight is 379 g/mol. The normalized spacial score (nSPS) is 16.3. The molecule has 1 aliphatic rings. The van der Waals surface area contributed by atoms with Crippen LogP contribution in [0.15, 0.2) is 41.4 Å². The first-order valence-corrected chi connectivity index (χ1v) is 10.3. The molecule has 0 unspecified atom stereocenters. The summed E-state index contributed by atoms with van der Waals surface area (Å²) in [5.41, 5.74) is 5.82. The van der Waals surface area contributed by atoms with Crippen molar-refractivity contribution in [3.05, 3.63) is 58.3 Å². The lowest BCUT2D eigenvalue weighted by atomic mass is 9.95. The van der Waals surface area contributed by atoms with Gasteiger partial charge in [0.15, 0.2) is 5.65 Å². The molecule has 138 valence electrons. The molecule has 0 atom stereocenters. The molecule has 0 amide bonds. The van der Waals surface area contributed by atoms with E-state index < -0.39 is 0 Å². The van der Waals surface area contributed by atoms with Gasteiger partial charge in [-0.1, -0.05) is 0 Å². The van der Waals surface area contributed by atoms with Gasteiger partial charge in [0, 0.05) is 35.2 Å². The third kappa shape index (κ3) is 3.17. The van der Waals surface area contributed by atoms with Crippen molar-refractivity contribution in [1.82, 2.24) is 29.7 Å². The van der Waals surface area contributed by atoms with Crippen LogP contribution in [0.4, 0.5) is 0 Å². The molecule has 27 heavy (non-hydrogen) atoms. The molecule has 1 saturated heterocycles. The van der Waals surface area contributed by atoms with Crippen molar-refractivity contribution in [1.29, 1.82) is 0 Å². The van der Waals surface area contributed by atoms with Crippen LogP contribution in [-0.2, 0) is 6.54 Å². The van der Waals surface area contributed by atoms with Gasteiger partial charge in [0.25, 0.3) is 0 Å². The van der Waals surface area contributed by atoms with Crippen LogP contribution in [0.2, 0.25) is 0 Å². The highest BCUT2D eigenvalue weighted by Gasteiger charge is 2.25. The maximum absolute atomic E-state index is 4.49. The zero-order valence-corrected chi connectivity index (χ0v) is 16.1. The number of hydrogen-bond acceptors (Lipinski definition) is 5. The summed E-state index contributed by atoms with van der Waals surface area (Å²) in [5, 5.41) is 20.6. The molecule has 4 aromatic heterocycles. The van der Waals surface area contributed by atoms with Crippen molar-refractivity contribution >= 4 is 17.0 Å². The predicted molar refractivity (Wildman–Crippen MR) is 107 cm³/mol. The number of likely N-dealkylation sites (tertiary alicyclic amines) is 1. The van der Waals surface area contributed by atoms with Crippen LogP contribution in [0.25, 0.3) is 16.9 Å². The number of hydrogen-bond donors (Lipinski definition) is 1. The summed E-state index contributed by atoms with van der Waals surface area (Å²) in [7, 11) is 0. The molecule has 7 heteroatoms. The fourth-order valence-electron chi connectivity index (χ4n) is 3.97. The summed E-state index contributed by atoms with van der Waals surface area (Å²) >= 11 is 1.72. The molecule has 0 spiro atoms. The number of thiophene rings is 1. The number of piperidine rings is 1. The minimum atomic E-state index is 0.472. The molecule has 1 aliphatic heterocycles. The third-order valence-electron chi connectivity index (χ3n) is 5.47. The molecule has 4 aromatic rings. The second-order valence-electron chi connectivity index (χ2n) is 7.32. The molecule has 1 N–H and O–H groups in total. The van der Waals surface area contributed by atoms with Crippen LogP contribution >= 0.6 is 11.3 Å². The zero-order chi connectivity index (χ0) is 18.2. The van der Waals surface area contributed by atoms with E-state index in [1.54, 1.807) is 11.3 Å². The van der Waals surface area contributed by atoms with E-state index in [0.717, 1.165) is 49.6 Å². The zero-order valence-electron chi connectivity index (χ0n) is 15.3. The monoisotopic (exact) mass is 378 g/mol. The summed E-state index contributed by atoms with van der Waals surface area (Å²) in [6.07, 6.45) is 6.29. The van der Waals surface area contributed by atoms with E-state index in [4.69, 9.17) is 0 Å². The molecule has 5 rings (SSSR count). The van der Waals surface area contributed by atoms with Crippen LogP contribution < -0.4 is 0 Å². The standard InChI is InChI=1S/C20H22N6S/c1-14-2-8-26-18(10-14)22-24-20(26)15-3-6-25(7-4-15)12-17-11-21-23-19(17)16-5-9-27-13-16/h2,5,8-11,13,15H,3-4,6-7,12H2,1H3,(H,21,23). The second-order valence-corrected chi connectivity index (χ2v) is 8.10. The Kier molecular flexibility index (Phi) is 4.26. The first-order valence-electron chi connectivity index (χ1n) is 9.36. The molecular weight excluding hydrogens is 356 g/mol. The number of nitrogens with zero attached hydrogens (tertiary/aromatic N) is 5. The van der Waals surface area contributed by atoms with Crippen molar-refractivity contribution < 1.29 is 0 Å². The number of aryl methyl sites for hydroxylation is 1. The number of H-pyrrole nitrogens is 1. The van der Waals surface area contributed by atoms with Crippen molar-refractivity contribution in [3.63, 3.8) is 0 Å². The average Bonchev–Trinajstić information content (AvgIpc) is 3.42. The lowest BCUT2D eigenvalue weighted by molar-refractivity contribution is 0.201. The van der Waals surface area contributed by atoms with Gasteiger partial charge < -0.3 is 0 Å². The summed E-state index contributed by atoms with van der Waals surface area (Å²) in [6.45, 7) is 5.17. The Labute approximate surface area is 161 Å². The minimum Gasteiger partial charge on any atom is -0.299 e. The van der Waals surface area contributed by atoms with Gasteiger partial charge in [-0.05, 0) is 62.0 Å². The van der Waals surface area contributed by atoms with Crippen LogP contribution in [-0.4, -0.2) is 42.8 Å². The first-order chi connectivity index (χ1) is 13.3. The highest BCUT2D eigenvalue weighted by molar-refractivity contribution is 7.08. The molecular formula is C20H22N6S. The highest BCUT2D eigenvalue weighted by atomic mass is 32.1. The van der Waals surface area contributed by atoms with E-state index in [2.05, 4.69) is 71.8 Å². The van der Waals surface area contributed by atoms with Gasteiger partial charge in [-0.25, -0.2) is 0 Å². The van der Waals surface area contributed by atoms with Gasteiger partial charge in [-0.3, -0.25) is 14.4 Å². The number of fused-ring (bicyclic) bond motifs is 1. The van der Waals surface area contributed by atoms with E-state index in [1.807, 2.05) is 6.20 Å². The van der Waals surface area contributed by atoms with Gasteiger partial charge in [0.05, 0.1) is 11.9 Å². The van der Waals surface area contributed by atoms with Crippen molar-refractivity contribution in [2.45, 2.75) is 32.2 Å². The van der Waals surface area contributed by atoms with Crippen LogP contribution in [0.1, 0.15) is 35.7 Å². The van der Waals surface area contributed by atoms with Gasteiger partial charge in [0.2, 0.25) is 0 Å². The summed E-state index contributed by atoms with van der Waals surface area (Å²) < 4.78 is 2.15. The lowest BCUT2D eigenvalue weighted by Gasteiger charge is -2.31. The van der Waals surface area contributed by atoms with E-state index in [0.29, 0.717) is 5.92 Å². The van der Waals surface area contributed by atoms with Crippen LogP contribution in [0.3, 0.4) is 0 Å². The van der Waals surface area contributed by atoms with E-state index in [1.165, 1.54) is 16.7 Å². The van der Waals surface area contributed by atoms with E-state index >= 15 is 0 Å². The molecule has 0 radical (unpaired) electrons. The van der Waals surface area contributed by atoms with Crippen molar-refractivity contribution in [3.8, 4) is 11.3 Å². The number of nitrogens with one attached hydrogen (secondary N) is 1. The maximum Gasteiger partial charge on any atom is 0.161 e. The first kappa shape index (κ1) is 16.6. The van der Waals surface area contributed by atoms with Crippen molar-refractivity contribution in [2.75, 3.05) is 13.1 Å². The van der Waals surface area contributed by atoms with Gasteiger partial charge in [0.1, 0.15) is 5.82 Å². The Bertz CT molecular complexity index is 1040. The number of rotatable bonds is 4. The Balaban J connectivity index is 1.28. The predicted octanol–water partition coefficient (Wildman–Crippen LogP) is 3.87. The van der Waals surface area contributed by atoms with Crippen LogP contribution in [0.5, 0.6) is 0 Å². The minimum absolute atomic E-state index is 0.472. The summed E-state index contributed by atoms with van der Waals surface area (Å²) in [4.78, 5) is 2.52. The quantitative estimate of drug-likeness (QED) is 0.586. The van der Waals surface area contributed by atoms with Crippen molar-refractivity contribution in [2.24, 2.45) is 0 Å². The Morgan fingerprint density at radius 1 is 1.22 bits per heavy atom. The highest BCUT2D eigenvalue weighted by Crippen LogP contribution is 2.30.